The highest BCUT2D eigenvalue weighted by Gasteiger charge is 2.26. The van der Waals surface area contributed by atoms with E-state index in [-0.39, 0.29) is 18.8 Å². The first-order valence-corrected chi connectivity index (χ1v) is 11.1. The Bertz CT molecular complexity index is 994. The van der Waals surface area contributed by atoms with Gasteiger partial charge in [-0.15, -0.1) is 0 Å². The summed E-state index contributed by atoms with van der Waals surface area (Å²) in [4.78, 5) is 36.2. The lowest BCUT2D eigenvalue weighted by atomic mass is 9.92. The highest BCUT2D eigenvalue weighted by molar-refractivity contribution is 5.91. The molecule has 0 fully saturated rings. The smallest absolute Gasteiger partial charge is 0.338 e. The molecular formula is C27H34O6. The lowest BCUT2D eigenvalue weighted by molar-refractivity contribution is -0.160. The second kappa shape index (κ2) is 10.6. The van der Waals surface area contributed by atoms with Gasteiger partial charge in [-0.3, -0.25) is 9.59 Å². The first-order chi connectivity index (χ1) is 15.2. The van der Waals surface area contributed by atoms with Crippen molar-refractivity contribution in [1.82, 2.24) is 0 Å². The van der Waals surface area contributed by atoms with Crippen LogP contribution in [0.2, 0.25) is 0 Å². The van der Waals surface area contributed by atoms with E-state index in [4.69, 9.17) is 14.6 Å². The summed E-state index contributed by atoms with van der Waals surface area (Å²) in [5.74, 6) is -2.31. The van der Waals surface area contributed by atoms with Crippen LogP contribution in [0.15, 0.2) is 48.5 Å². The van der Waals surface area contributed by atoms with Crippen LogP contribution < -0.4 is 0 Å². The Hall–Kier alpha value is -3.15. The van der Waals surface area contributed by atoms with Gasteiger partial charge in [-0.1, -0.05) is 36.4 Å². The minimum atomic E-state index is -0.948. The molecule has 0 amide bonds. The SMILES string of the molecule is CC(C)(C)OC(=O)c1cccc(-c2cccc(CC(CCC(=O)O)C(=O)OC(C)(C)C)c2)c1. The summed E-state index contributed by atoms with van der Waals surface area (Å²) >= 11 is 0. The van der Waals surface area contributed by atoms with Gasteiger partial charge in [-0.2, -0.15) is 0 Å². The van der Waals surface area contributed by atoms with E-state index < -0.39 is 29.1 Å². The number of rotatable bonds is 8. The van der Waals surface area contributed by atoms with Crippen molar-refractivity contribution in [3.8, 4) is 11.1 Å². The van der Waals surface area contributed by atoms with Crippen LogP contribution in [-0.2, 0) is 25.5 Å². The molecule has 6 heteroatoms. The minimum absolute atomic E-state index is 0.110. The number of benzene rings is 2. The maximum Gasteiger partial charge on any atom is 0.338 e. The Balaban J connectivity index is 2.26. The molecule has 6 nitrogen and oxygen atoms in total. The van der Waals surface area contributed by atoms with Gasteiger partial charge in [0.15, 0.2) is 0 Å². The van der Waals surface area contributed by atoms with Crippen LogP contribution >= 0.6 is 0 Å². The van der Waals surface area contributed by atoms with E-state index in [2.05, 4.69) is 0 Å². The minimum Gasteiger partial charge on any atom is -0.481 e. The molecule has 2 aromatic rings. The number of carboxylic acid groups (broad SMARTS) is 1. The number of hydrogen-bond acceptors (Lipinski definition) is 5. The summed E-state index contributed by atoms with van der Waals surface area (Å²) in [5, 5.41) is 9.09. The van der Waals surface area contributed by atoms with Crippen LogP contribution in [0.4, 0.5) is 0 Å². The molecular weight excluding hydrogens is 420 g/mol. The van der Waals surface area contributed by atoms with Crippen molar-refractivity contribution < 1.29 is 29.0 Å². The van der Waals surface area contributed by atoms with E-state index in [1.165, 1.54) is 0 Å². The van der Waals surface area contributed by atoms with E-state index in [0.717, 1.165) is 16.7 Å². The molecule has 0 aliphatic rings. The maximum absolute atomic E-state index is 12.7. The summed E-state index contributed by atoms with van der Waals surface area (Å²) in [6.07, 6.45) is 0.450. The number of carbonyl (C=O) groups is 3. The third kappa shape index (κ3) is 9.08. The quantitative estimate of drug-likeness (QED) is 0.517. The molecule has 0 aromatic heterocycles. The zero-order chi connectivity index (χ0) is 24.8. The Morgan fingerprint density at radius 1 is 0.848 bits per heavy atom. The third-order valence-electron chi connectivity index (χ3n) is 4.69. The fourth-order valence-electron chi connectivity index (χ4n) is 3.31. The molecule has 0 saturated heterocycles. The topological polar surface area (TPSA) is 89.9 Å². The van der Waals surface area contributed by atoms with Gasteiger partial charge in [0.05, 0.1) is 11.5 Å². The summed E-state index contributed by atoms with van der Waals surface area (Å²) in [6, 6.07) is 14.9. The Morgan fingerprint density at radius 2 is 1.42 bits per heavy atom. The number of ether oxygens (including phenoxy) is 2. The Kier molecular flexibility index (Phi) is 8.42. The number of esters is 2. The van der Waals surface area contributed by atoms with Crippen molar-refractivity contribution in [2.75, 3.05) is 0 Å². The molecule has 0 saturated carbocycles. The highest BCUT2D eigenvalue weighted by Crippen LogP contribution is 2.26. The molecule has 2 rings (SSSR count). The van der Waals surface area contributed by atoms with Gasteiger partial charge in [0.2, 0.25) is 0 Å². The number of aliphatic carboxylic acids is 1. The van der Waals surface area contributed by atoms with Crippen LogP contribution in [0.3, 0.4) is 0 Å². The Morgan fingerprint density at radius 3 is 2.00 bits per heavy atom. The fraction of sp³-hybridized carbons (Fsp3) is 0.444. The first-order valence-electron chi connectivity index (χ1n) is 11.1. The van der Waals surface area contributed by atoms with Crippen molar-refractivity contribution in [2.24, 2.45) is 5.92 Å². The van der Waals surface area contributed by atoms with E-state index in [9.17, 15) is 14.4 Å². The van der Waals surface area contributed by atoms with Crippen LogP contribution in [0.25, 0.3) is 11.1 Å². The standard InChI is InChI=1S/C27H34O6/c1-26(2,3)32-24(30)21-12-8-11-20(17-21)19-10-7-9-18(15-19)16-22(13-14-23(28)29)25(31)33-27(4,5)6/h7-12,15,17,22H,13-14,16H2,1-6H3,(H,28,29). The largest absolute Gasteiger partial charge is 0.481 e. The van der Waals surface area contributed by atoms with Gasteiger partial charge >= 0.3 is 17.9 Å². The lowest BCUT2D eigenvalue weighted by Gasteiger charge is -2.24. The molecule has 2 aromatic carbocycles. The maximum atomic E-state index is 12.7. The van der Waals surface area contributed by atoms with E-state index in [1.807, 2.05) is 51.1 Å². The van der Waals surface area contributed by atoms with Gasteiger partial charge in [0.25, 0.3) is 0 Å². The fourth-order valence-corrected chi connectivity index (χ4v) is 3.31. The predicted octanol–water partition coefficient (Wildman–Crippen LogP) is 5.67. The zero-order valence-corrected chi connectivity index (χ0v) is 20.3. The molecule has 0 aliphatic carbocycles. The second-order valence-electron chi connectivity index (χ2n) is 10.2. The van der Waals surface area contributed by atoms with Gasteiger partial charge in [0, 0.05) is 6.42 Å². The predicted molar refractivity (Wildman–Crippen MR) is 127 cm³/mol. The normalized spacial score (nSPS) is 12.7. The number of carboxylic acids is 1. The van der Waals surface area contributed by atoms with Crippen LogP contribution in [0.1, 0.15) is 70.3 Å². The van der Waals surface area contributed by atoms with Crippen molar-refractivity contribution in [3.05, 3.63) is 59.7 Å². The van der Waals surface area contributed by atoms with Crippen molar-refractivity contribution in [2.45, 2.75) is 72.0 Å². The van der Waals surface area contributed by atoms with Crippen LogP contribution in [0, 0.1) is 5.92 Å². The average molecular weight is 455 g/mol. The zero-order valence-electron chi connectivity index (χ0n) is 20.3. The average Bonchev–Trinajstić information content (AvgIpc) is 2.68. The van der Waals surface area contributed by atoms with Gasteiger partial charge in [-0.25, -0.2) is 4.79 Å². The summed E-state index contributed by atoms with van der Waals surface area (Å²) < 4.78 is 11.0. The molecule has 0 radical (unpaired) electrons. The third-order valence-corrected chi connectivity index (χ3v) is 4.69. The van der Waals surface area contributed by atoms with E-state index in [1.54, 1.807) is 39.0 Å². The molecule has 0 aliphatic heterocycles. The van der Waals surface area contributed by atoms with Gasteiger partial charge in [-0.05, 0) is 83.2 Å². The summed E-state index contributed by atoms with van der Waals surface area (Å²) in [5.41, 5.74) is 1.85. The van der Waals surface area contributed by atoms with E-state index >= 15 is 0 Å². The molecule has 178 valence electrons. The van der Waals surface area contributed by atoms with E-state index in [0.29, 0.717) is 12.0 Å². The van der Waals surface area contributed by atoms with Crippen LogP contribution in [-0.4, -0.2) is 34.2 Å². The summed E-state index contributed by atoms with van der Waals surface area (Å²) in [6.45, 7) is 10.8. The van der Waals surface area contributed by atoms with Crippen molar-refractivity contribution in [1.29, 1.82) is 0 Å². The molecule has 1 atom stereocenters. The van der Waals surface area contributed by atoms with Crippen molar-refractivity contribution in [3.63, 3.8) is 0 Å². The molecule has 1 N–H and O–H groups in total. The monoisotopic (exact) mass is 454 g/mol. The van der Waals surface area contributed by atoms with Gasteiger partial charge in [0.1, 0.15) is 11.2 Å². The molecule has 1 unspecified atom stereocenters. The molecule has 33 heavy (non-hydrogen) atoms. The highest BCUT2D eigenvalue weighted by atomic mass is 16.6. The molecule has 0 spiro atoms. The molecule has 0 bridgehead atoms. The molecule has 0 heterocycles. The summed E-state index contributed by atoms with van der Waals surface area (Å²) in [7, 11) is 0. The first kappa shape index (κ1) is 26.1. The van der Waals surface area contributed by atoms with Crippen molar-refractivity contribution >= 4 is 17.9 Å². The number of carbonyl (C=O) groups excluding carboxylic acids is 2. The second-order valence-corrected chi connectivity index (χ2v) is 10.2. The van der Waals surface area contributed by atoms with Crippen LogP contribution in [0.5, 0.6) is 0 Å². The Labute approximate surface area is 195 Å². The van der Waals surface area contributed by atoms with Gasteiger partial charge < -0.3 is 14.6 Å². The number of hydrogen-bond donors (Lipinski definition) is 1. The lowest BCUT2D eigenvalue weighted by Crippen LogP contribution is -2.30.